The number of aromatic amines is 1. The first kappa shape index (κ1) is 31.6. The van der Waals surface area contributed by atoms with Crippen LogP contribution in [0, 0.1) is 0 Å². The number of aromatic hydroxyl groups is 2. The van der Waals surface area contributed by atoms with Gasteiger partial charge in [-0.3, -0.25) is 14.4 Å². The number of fused-ring (bicyclic) bond motifs is 10. The van der Waals surface area contributed by atoms with Crippen molar-refractivity contribution < 1.29 is 59.3 Å². The fourth-order valence-corrected chi connectivity index (χ4v) is 6.98. The first-order valence-electron chi connectivity index (χ1n) is 15.4. The molecule has 5 heterocycles. The molecule has 6 aromatic rings. The number of nitrogens with zero attached hydrogens (tertiary/aromatic N) is 3. The Balaban J connectivity index is 1.39. The molecule has 0 spiro atoms. The minimum absolute atomic E-state index is 0.00863. The maximum absolute atomic E-state index is 14.4. The highest BCUT2D eigenvalue weighted by atomic mass is 16.7. The summed E-state index contributed by atoms with van der Waals surface area (Å²) in [7, 11) is 1.20. The van der Waals surface area contributed by atoms with Crippen molar-refractivity contribution in [3.8, 4) is 11.5 Å². The second-order valence-electron chi connectivity index (χ2n) is 12.1. The Labute approximate surface area is 279 Å². The standard InChI is InChI=1S/C34H28N4O12/c1-48-34(47)18-4-2-3-13(35-18)12-49-38-31(45)24-22-16-7-5-14(40)9-19(16)36-26(22)27-23(25(24)32(38)46)17-8-6-15(41)10-20(17)37(27)33-30(44)29(43)28(42)21(11-39)50-33/h2-10,21,28-30,33,36,39-44H,11-12H2,1H3. The molecule has 50 heavy (non-hydrogen) atoms. The Hall–Kier alpha value is -5.62. The summed E-state index contributed by atoms with van der Waals surface area (Å²) in [6, 6.07) is 13.1. The van der Waals surface area contributed by atoms with Gasteiger partial charge >= 0.3 is 5.97 Å². The number of aromatic nitrogens is 3. The van der Waals surface area contributed by atoms with E-state index in [9.17, 15) is 45.0 Å². The molecule has 0 radical (unpaired) electrons. The summed E-state index contributed by atoms with van der Waals surface area (Å²) in [6.45, 7) is -1.10. The molecule has 2 aliphatic heterocycles. The van der Waals surface area contributed by atoms with Crippen LogP contribution < -0.4 is 0 Å². The summed E-state index contributed by atoms with van der Waals surface area (Å²) < 4.78 is 12.1. The molecule has 16 heteroatoms. The number of phenolic OH excluding ortho intramolecular Hbond substituents is 2. The maximum atomic E-state index is 14.4. The van der Waals surface area contributed by atoms with Gasteiger partial charge in [0.25, 0.3) is 11.8 Å². The third-order valence-electron chi connectivity index (χ3n) is 9.22. The molecule has 1 saturated heterocycles. The van der Waals surface area contributed by atoms with Crippen LogP contribution >= 0.6 is 0 Å². The molecule has 7 N–H and O–H groups in total. The van der Waals surface area contributed by atoms with Crippen molar-refractivity contribution in [2.24, 2.45) is 0 Å². The van der Waals surface area contributed by atoms with Crippen molar-refractivity contribution in [2.45, 2.75) is 37.3 Å². The first-order valence-corrected chi connectivity index (χ1v) is 15.4. The number of H-pyrrole nitrogens is 1. The van der Waals surface area contributed by atoms with E-state index < -0.39 is 55.0 Å². The summed E-state index contributed by atoms with van der Waals surface area (Å²) in [5.74, 6) is -2.65. The number of carbonyl (C=O) groups excluding carboxylic acids is 3. The zero-order valence-corrected chi connectivity index (χ0v) is 26.0. The van der Waals surface area contributed by atoms with Crippen molar-refractivity contribution in [3.05, 3.63) is 77.1 Å². The van der Waals surface area contributed by atoms with Crippen LogP contribution in [-0.4, -0.2) is 106 Å². The van der Waals surface area contributed by atoms with E-state index >= 15 is 0 Å². The van der Waals surface area contributed by atoms with Gasteiger partial charge in [-0.05, 0) is 36.4 Å². The number of carbonyl (C=O) groups is 3. The third-order valence-corrected chi connectivity index (χ3v) is 9.22. The Kier molecular flexibility index (Phi) is 7.26. The van der Waals surface area contributed by atoms with Gasteiger partial charge in [-0.25, -0.2) is 9.78 Å². The number of nitrogens with one attached hydrogen (secondary N) is 1. The van der Waals surface area contributed by atoms with Gasteiger partial charge in [-0.2, -0.15) is 0 Å². The lowest BCUT2D eigenvalue weighted by atomic mass is 9.96. The second-order valence-corrected chi connectivity index (χ2v) is 12.1. The molecule has 3 aromatic carbocycles. The maximum Gasteiger partial charge on any atom is 0.356 e. The van der Waals surface area contributed by atoms with E-state index in [2.05, 4.69) is 9.97 Å². The van der Waals surface area contributed by atoms with E-state index in [-0.39, 0.29) is 67.9 Å². The second kappa shape index (κ2) is 11.5. The normalized spacial score (nSPS) is 22.3. The highest BCUT2D eigenvalue weighted by Crippen LogP contribution is 2.48. The van der Waals surface area contributed by atoms with Gasteiger partial charge in [-0.15, -0.1) is 5.06 Å². The zero-order valence-electron chi connectivity index (χ0n) is 26.0. The number of amides is 2. The molecule has 5 atom stereocenters. The number of rotatable bonds is 6. The summed E-state index contributed by atoms with van der Waals surface area (Å²) in [6.07, 6.45) is -7.98. The number of aliphatic hydroxyl groups excluding tert-OH is 4. The first-order chi connectivity index (χ1) is 24.0. The molecule has 0 aliphatic carbocycles. The molecule has 3 aromatic heterocycles. The minimum Gasteiger partial charge on any atom is -0.508 e. The smallest absolute Gasteiger partial charge is 0.356 e. The van der Waals surface area contributed by atoms with Crippen LogP contribution in [0.4, 0.5) is 0 Å². The number of hydrogen-bond donors (Lipinski definition) is 7. The van der Waals surface area contributed by atoms with Gasteiger partial charge in [0.2, 0.25) is 0 Å². The van der Waals surface area contributed by atoms with Gasteiger partial charge in [-0.1, -0.05) is 6.07 Å². The van der Waals surface area contributed by atoms with E-state index in [0.29, 0.717) is 21.4 Å². The molecule has 8 rings (SSSR count). The number of esters is 1. The number of benzene rings is 3. The molecular weight excluding hydrogens is 656 g/mol. The minimum atomic E-state index is -1.77. The van der Waals surface area contributed by atoms with Crippen molar-refractivity contribution in [1.82, 2.24) is 19.6 Å². The number of ether oxygens (including phenoxy) is 2. The van der Waals surface area contributed by atoms with Crippen molar-refractivity contribution in [3.63, 3.8) is 0 Å². The monoisotopic (exact) mass is 684 g/mol. The predicted molar refractivity (Wildman–Crippen MR) is 172 cm³/mol. The quantitative estimate of drug-likeness (QED) is 0.0979. The van der Waals surface area contributed by atoms with Gasteiger partial charge in [0.05, 0.1) is 52.6 Å². The lowest BCUT2D eigenvalue weighted by molar-refractivity contribution is -0.249. The van der Waals surface area contributed by atoms with Crippen LogP contribution in [0.25, 0.3) is 43.6 Å². The molecule has 2 amide bonds. The van der Waals surface area contributed by atoms with E-state index in [0.717, 1.165) is 0 Å². The fraction of sp³-hybridized carbons (Fsp3) is 0.235. The SMILES string of the molecule is COC(=O)c1cccc(CON2C(=O)c3c(c4c5ccc(O)cc5n(C5OC(CO)C(O)C(O)C5O)c4c4[nH]c5cc(O)ccc5c34)C2=O)n1. The van der Waals surface area contributed by atoms with Crippen molar-refractivity contribution in [1.29, 1.82) is 0 Å². The van der Waals surface area contributed by atoms with E-state index in [1.165, 1.54) is 60.2 Å². The molecule has 5 unspecified atom stereocenters. The van der Waals surface area contributed by atoms with Crippen LogP contribution in [0.15, 0.2) is 54.6 Å². The van der Waals surface area contributed by atoms with Crippen LogP contribution in [-0.2, 0) is 20.9 Å². The van der Waals surface area contributed by atoms with Crippen molar-refractivity contribution >= 4 is 61.4 Å². The third kappa shape index (κ3) is 4.47. The summed E-state index contributed by atoms with van der Waals surface area (Å²) in [5.41, 5.74) is 1.16. The summed E-state index contributed by atoms with van der Waals surface area (Å²) in [4.78, 5) is 53.8. The lowest BCUT2D eigenvalue weighted by Gasteiger charge is -2.41. The molecule has 2 aliphatic rings. The Bertz CT molecular complexity index is 2420. The average molecular weight is 685 g/mol. The number of methoxy groups -OCH3 is 1. The van der Waals surface area contributed by atoms with Gasteiger partial charge < -0.3 is 49.7 Å². The number of hydroxylamine groups is 2. The number of aliphatic hydroxyl groups is 4. The average Bonchev–Trinajstić information content (AvgIpc) is 3.72. The Morgan fingerprint density at radius 1 is 0.920 bits per heavy atom. The molecular formula is C34H28N4O12. The lowest BCUT2D eigenvalue weighted by Crippen LogP contribution is -2.56. The summed E-state index contributed by atoms with van der Waals surface area (Å²) >= 11 is 0. The van der Waals surface area contributed by atoms with Gasteiger partial charge in [0.15, 0.2) is 6.23 Å². The highest BCUT2D eigenvalue weighted by molar-refractivity contribution is 6.39. The molecule has 0 bridgehead atoms. The Morgan fingerprint density at radius 3 is 2.34 bits per heavy atom. The predicted octanol–water partition coefficient (Wildman–Crippen LogP) is 1.72. The fourth-order valence-electron chi connectivity index (χ4n) is 6.98. The number of imide groups is 1. The number of hydrogen-bond acceptors (Lipinski definition) is 13. The largest absolute Gasteiger partial charge is 0.508 e. The van der Waals surface area contributed by atoms with E-state index in [1.54, 1.807) is 6.07 Å². The summed E-state index contributed by atoms with van der Waals surface area (Å²) in [5, 5.41) is 65.3. The molecule has 0 saturated carbocycles. The topological polar surface area (TPSA) is 237 Å². The van der Waals surface area contributed by atoms with Crippen LogP contribution in [0.5, 0.6) is 11.5 Å². The Morgan fingerprint density at radius 2 is 1.62 bits per heavy atom. The van der Waals surface area contributed by atoms with Crippen LogP contribution in [0.3, 0.4) is 0 Å². The number of phenols is 2. The molecule has 256 valence electrons. The van der Waals surface area contributed by atoms with Gasteiger partial charge in [0.1, 0.15) is 48.2 Å². The van der Waals surface area contributed by atoms with Crippen LogP contribution in [0.2, 0.25) is 0 Å². The van der Waals surface area contributed by atoms with Crippen molar-refractivity contribution in [2.75, 3.05) is 13.7 Å². The molecule has 1 fully saturated rings. The zero-order chi connectivity index (χ0) is 35.2. The van der Waals surface area contributed by atoms with E-state index in [4.69, 9.17) is 14.3 Å². The number of pyridine rings is 1. The molecule has 16 nitrogen and oxygen atoms in total. The van der Waals surface area contributed by atoms with Crippen LogP contribution in [0.1, 0.15) is 43.1 Å². The van der Waals surface area contributed by atoms with Gasteiger partial charge in [0, 0.05) is 33.7 Å². The van der Waals surface area contributed by atoms with E-state index in [1.807, 2.05) is 0 Å². The highest BCUT2D eigenvalue weighted by Gasteiger charge is 2.47.